The van der Waals surface area contributed by atoms with E-state index in [4.69, 9.17) is 5.11 Å². The van der Waals surface area contributed by atoms with Gasteiger partial charge in [-0.3, -0.25) is 9.59 Å². The largest absolute Gasteiger partial charge is 0.480 e. The number of amides is 1. The Morgan fingerprint density at radius 3 is 2.52 bits per heavy atom. The summed E-state index contributed by atoms with van der Waals surface area (Å²) >= 11 is 0. The quantitative estimate of drug-likeness (QED) is 0.837. The number of hydrogen-bond acceptors (Lipinski definition) is 3. The van der Waals surface area contributed by atoms with Gasteiger partial charge in [-0.1, -0.05) is 39.0 Å². The lowest BCUT2D eigenvalue weighted by atomic mass is 10.0. The van der Waals surface area contributed by atoms with Crippen LogP contribution < -0.4 is 0 Å². The molecule has 0 atom stereocenters. The van der Waals surface area contributed by atoms with Crippen LogP contribution in [0, 0.1) is 6.92 Å². The van der Waals surface area contributed by atoms with E-state index in [9.17, 15) is 9.59 Å². The number of nitrogens with zero attached hydrogens (tertiary/aromatic N) is 3. The zero-order chi connectivity index (χ0) is 18.6. The summed E-state index contributed by atoms with van der Waals surface area (Å²) in [6.07, 6.45) is 2.25. The molecule has 1 heterocycles. The Morgan fingerprint density at radius 1 is 1.28 bits per heavy atom. The molecule has 2 aromatic rings. The average molecular weight is 343 g/mol. The van der Waals surface area contributed by atoms with Crippen molar-refractivity contribution in [2.75, 3.05) is 13.1 Å². The van der Waals surface area contributed by atoms with Crippen molar-refractivity contribution >= 4 is 11.9 Å². The highest BCUT2D eigenvalue weighted by molar-refractivity contribution is 5.97. The standard InChI is InChI=1S/C19H25N3O3/c1-5-10-21(12-17(23)24)19(25)15-11-20-22(18(15)13(2)3)16-9-7-6-8-14(16)4/h6-9,11,13H,5,10,12H2,1-4H3,(H,23,24). The number of hydrogen-bond donors (Lipinski definition) is 1. The van der Waals surface area contributed by atoms with Gasteiger partial charge in [-0.2, -0.15) is 5.10 Å². The second-order valence-corrected chi connectivity index (χ2v) is 6.42. The smallest absolute Gasteiger partial charge is 0.323 e. The number of aliphatic carboxylic acids is 1. The Labute approximate surface area is 148 Å². The van der Waals surface area contributed by atoms with Gasteiger partial charge in [0.2, 0.25) is 0 Å². The Balaban J connectivity index is 2.50. The van der Waals surface area contributed by atoms with Crippen LogP contribution in [0.15, 0.2) is 30.5 Å². The molecule has 134 valence electrons. The normalized spacial score (nSPS) is 10.9. The number of aryl methyl sites for hydroxylation is 1. The molecular weight excluding hydrogens is 318 g/mol. The van der Waals surface area contributed by atoms with E-state index in [0.717, 1.165) is 16.9 Å². The molecule has 1 N–H and O–H groups in total. The van der Waals surface area contributed by atoms with E-state index in [-0.39, 0.29) is 18.4 Å². The fraction of sp³-hybridized carbons (Fsp3) is 0.421. The minimum atomic E-state index is -1.01. The third-order valence-corrected chi connectivity index (χ3v) is 4.03. The molecule has 6 heteroatoms. The number of aromatic nitrogens is 2. The fourth-order valence-corrected chi connectivity index (χ4v) is 2.93. The third-order valence-electron chi connectivity index (χ3n) is 4.03. The summed E-state index contributed by atoms with van der Waals surface area (Å²) in [6, 6.07) is 7.85. The molecule has 0 saturated heterocycles. The number of rotatable bonds is 7. The molecule has 0 aliphatic heterocycles. The van der Waals surface area contributed by atoms with Gasteiger partial charge in [0.25, 0.3) is 5.91 Å². The second-order valence-electron chi connectivity index (χ2n) is 6.42. The summed E-state index contributed by atoms with van der Waals surface area (Å²) in [5.74, 6) is -1.23. The monoisotopic (exact) mass is 343 g/mol. The van der Waals surface area contributed by atoms with E-state index in [2.05, 4.69) is 5.10 Å². The van der Waals surface area contributed by atoms with E-state index < -0.39 is 5.97 Å². The minimum Gasteiger partial charge on any atom is -0.480 e. The third kappa shape index (κ3) is 4.07. The molecule has 0 radical (unpaired) electrons. The maximum Gasteiger partial charge on any atom is 0.323 e. The fourth-order valence-electron chi connectivity index (χ4n) is 2.93. The lowest BCUT2D eigenvalue weighted by molar-refractivity contribution is -0.137. The molecule has 1 aromatic carbocycles. The highest BCUT2D eigenvalue weighted by Gasteiger charge is 2.26. The molecule has 2 rings (SSSR count). The molecule has 1 amide bonds. The van der Waals surface area contributed by atoms with Gasteiger partial charge in [-0.05, 0) is 30.9 Å². The molecule has 0 fully saturated rings. The highest BCUT2D eigenvalue weighted by Crippen LogP contribution is 2.25. The van der Waals surface area contributed by atoms with E-state index >= 15 is 0 Å². The maximum atomic E-state index is 12.9. The number of carboxylic acid groups (broad SMARTS) is 1. The van der Waals surface area contributed by atoms with Gasteiger partial charge in [0.1, 0.15) is 6.54 Å². The summed E-state index contributed by atoms with van der Waals surface area (Å²) in [5.41, 5.74) is 3.24. The topological polar surface area (TPSA) is 75.4 Å². The SMILES string of the molecule is CCCN(CC(=O)O)C(=O)c1cnn(-c2ccccc2C)c1C(C)C. The van der Waals surface area contributed by atoms with Crippen molar-refractivity contribution in [3.05, 3.63) is 47.3 Å². The number of carboxylic acids is 1. The Kier molecular flexibility index (Phi) is 5.96. The first-order valence-electron chi connectivity index (χ1n) is 8.51. The van der Waals surface area contributed by atoms with E-state index in [1.165, 1.54) is 4.90 Å². The van der Waals surface area contributed by atoms with Crippen molar-refractivity contribution in [1.82, 2.24) is 14.7 Å². The first-order chi connectivity index (χ1) is 11.9. The summed E-state index contributed by atoms with van der Waals surface area (Å²) < 4.78 is 1.79. The number of para-hydroxylation sites is 1. The van der Waals surface area contributed by atoms with Crippen molar-refractivity contribution in [3.63, 3.8) is 0 Å². The Bertz CT molecular complexity index is 765. The molecule has 0 aliphatic carbocycles. The van der Waals surface area contributed by atoms with Gasteiger partial charge in [0, 0.05) is 6.54 Å². The first kappa shape index (κ1) is 18.7. The summed E-state index contributed by atoms with van der Waals surface area (Å²) in [4.78, 5) is 25.4. The molecule has 6 nitrogen and oxygen atoms in total. The van der Waals surface area contributed by atoms with Gasteiger partial charge in [-0.25, -0.2) is 4.68 Å². The summed E-state index contributed by atoms with van der Waals surface area (Å²) in [5, 5.41) is 13.5. The summed E-state index contributed by atoms with van der Waals surface area (Å²) in [6.45, 7) is 8.02. The average Bonchev–Trinajstić information content (AvgIpc) is 2.98. The first-order valence-corrected chi connectivity index (χ1v) is 8.51. The molecule has 0 saturated carbocycles. The molecule has 0 unspecified atom stereocenters. The molecule has 0 spiro atoms. The number of benzene rings is 1. The van der Waals surface area contributed by atoms with Crippen molar-refractivity contribution < 1.29 is 14.7 Å². The van der Waals surface area contributed by atoms with Crippen LogP contribution in [0.5, 0.6) is 0 Å². The predicted octanol–water partition coefficient (Wildman–Crippen LogP) is 3.24. The second kappa shape index (κ2) is 7.96. The summed E-state index contributed by atoms with van der Waals surface area (Å²) in [7, 11) is 0. The lowest BCUT2D eigenvalue weighted by Gasteiger charge is -2.21. The zero-order valence-electron chi connectivity index (χ0n) is 15.2. The molecule has 0 bridgehead atoms. The van der Waals surface area contributed by atoms with Crippen molar-refractivity contribution in [2.24, 2.45) is 0 Å². The van der Waals surface area contributed by atoms with Crippen LogP contribution in [0.1, 0.15) is 54.7 Å². The van der Waals surface area contributed by atoms with Crippen LogP contribution in [0.2, 0.25) is 0 Å². The van der Waals surface area contributed by atoms with Crippen molar-refractivity contribution in [1.29, 1.82) is 0 Å². The molecule has 0 aliphatic rings. The number of carbonyl (C=O) groups excluding carboxylic acids is 1. The van der Waals surface area contributed by atoms with Crippen LogP contribution in [-0.2, 0) is 4.79 Å². The van der Waals surface area contributed by atoms with Crippen LogP contribution in [-0.4, -0.2) is 44.8 Å². The predicted molar refractivity (Wildman–Crippen MR) is 96.2 cm³/mol. The maximum absolute atomic E-state index is 12.9. The van der Waals surface area contributed by atoms with Crippen LogP contribution in [0.3, 0.4) is 0 Å². The Morgan fingerprint density at radius 2 is 1.96 bits per heavy atom. The molecular formula is C19H25N3O3. The zero-order valence-corrected chi connectivity index (χ0v) is 15.2. The lowest BCUT2D eigenvalue weighted by Crippen LogP contribution is -2.36. The van der Waals surface area contributed by atoms with E-state index in [1.807, 2.05) is 52.0 Å². The van der Waals surface area contributed by atoms with Crippen molar-refractivity contribution in [3.8, 4) is 5.69 Å². The minimum absolute atomic E-state index is 0.0642. The highest BCUT2D eigenvalue weighted by atomic mass is 16.4. The van der Waals surface area contributed by atoms with Gasteiger partial charge >= 0.3 is 5.97 Å². The van der Waals surface area contributed by atoms with Gasteiger partial charge < -0.3 is 10.0 Å². The van der Waals surface area contributed by atoms with Gasteiger partial charge in [0.15, 0.2) is 0 Å². The van der Waals surface area contributed by atoms with Gasteiger partial charge in [0.05, 0.1) is 23.1 Å². The van der Waals surface area contributed by atoms with E-state index in [1.54, 1.807) is 10.9 Å². The molecule has 25 heavy (non-hydrogen) atoms. The molecule has 1 aromatic heterocycles. The van der Waals surface area contributed by atoms with Gasteiger partial charge in [-0.15, -0.1) is 0 Å². The van der Waals surface area contributed by atoms with E-state index in [0.29, 0.717) is 18.5 Å². The Hall–Kier alpha value is -2.63. The van der Waals surface area contributed by atoms with Crippen LogP contribution in [0.25, 0.3) is 5.69 Å². The van der Waals surface area contributed by atoms with Crippen LogP contribution in [0.4, 0.5) is 0 Å². The van der Waals surface area contributed by atoms with Crippen LogP contribution >= 0.6 is 0 Å². The number of carbonyl (C=O) groups is 2. The van der Waals surface area contributed by atoms with Crippen molar-refractivity contribution in [2.45, 2.75) is 40.0 Å².